The van der Waals surface area contributed by atoms with E-state index < -0.39 is 0 Å². The first kappa shape index (κ1) is 16.4. The van der Waals surface area contributed by atoms with Crippen LogP contribution >= 0.6 is 11.3 Å². The number of carbonyl (C=O) groups excluding carboxylic acids is 1. The number of anilines is 1. The van der Waals surface area contributed by atoms with Crippen LogP contribution in [0.3, 0.4) is 0 Å². The third-order valence-electron chi connectivity index (χ3n) is 3.82. The van der Waals surface area contributed by atoms with Crippen LogP contribution in [0.15, 0.2) is 46.8 Å². The summed E-state index contributed by atoms with van der Waals surface area (Å²) in [7, 11) is 0. The first-order valence-corrected chi connectivity index (χ1v) is 8.87. The van der Waals surface area contributed by atoms with Crippen molar-refractivity contribution in [1.29, 1.82) is 0 Å². The molecule has 0 unspecified atom stereocenters. The quantitative estimate of drug-likeness (QED) is 0.747. The predicted octanol–water partition coefficient (Wildman–Crippen LogP) is 3.44. The van der Waals surface area contributed by atoms with Gasteiger partial charge in [0, 0.05) is 5.69 Å². The maximum absolute atomic E-state index is 12.3. The van der Waals surface area contributed by atoms with Crippen LogP contribution in [0.2, 0.25) is 0 Å². The van der Waals surface area contributed by atoms with Crippen molar-refractivity contribution in [1.82, 2.24) is 9.55 Å². The van der Waals surface area contributed by atoms with Crippen LogP contribution in [0.1, 0.15) is 25.3 Å². The van der Waals surface area contributed by atoms with E-state index in [1.165, 1.54) is 27.8 Å². The number of amides is 1. The molecule has 0 aliphatic rings. The highest BCUT2D eigenvalue weighted by molar-refractivity contribution is 7.16. The highest BCUT2D eigenvalue weighted by atomic mass is 32.1. The first-order valence-electron chi connectivity index (χ1n) is 7.99. The Labute approximate surface area is 144 Å². The fourth-order valence-electron chi connectivity index (χ4n) is 2.50. The topological polar surface area (TPSA) is 64.0 Å². The summed E-state index contributed by atoms with van der Waals surface area (Å²) in [5.74, 6) is -0.241. The van der Waals surface area contributed by atoms with Gasteiger partial charge in [-0.25, -0.2) is 4.98 Å². The monoisotopic (exact) mass is 341 g/mol. The van der Waals surface area contributed by atoms with Crippen LogP contribution in [0.4, 0.5) is 5.69 Å². The van der Waals surface area contributed by atoms with Crippen molar-refractivity contribution in [2.24, 2.45) is 0 Å². The molecule has 0 fully saturated rings. The lowest BCUT2D eigenvalue weighted by Gasteiger charge is -2.08. The third-order valence-corrected chi connectivity index (χ3v) is 4.64. The Bertz CT molecular complexity index is 897. The van der Waals surface area contributed by atoms with Gasteiger partial charge in [0.2, 0.25) is 5.91 Å². The van der Waals surface area contributed by atoms with Crippen LogP contribution in [0.5, 0.6) is 0 Å². The molecule has 5 nitrogen and oxygen atoms in total. The summed E-state index contributed by atoms with van der Waals surface area (Å²) in [4.78, 5) is 29.3. The second kappa shape index (κ2) is 7.40. The average molecular weight is 341 g/mol. The number of nitrogens with one attached hydrogen (secondary N) is 1. The molecule has 3 rings (SSSR count). The van der Waals surface area contributed by atoms with E-state index in [4.69, 9.17) is 0 Å². The SMILES string of the molecule is CCCCc1ccc(NC(=O)Cn2cnc3sccc3c2=O)cc1. The minimum Gasteiger partial charge on any atom is -0.325 e. The molecule has 0 saturated heterocycles. The molecular formula is C18H19N3O2S. The zero-order valence-corrected chi connectivity index (χ0v) is 14.3. The van der Waals surface area contributed by atoms with Gasteiger partial charge in [0.25, 0.3) is 5.56 Å². The lowest BCUT2D eigenvalue weighted by molar-refractivity contribution is -0.116. The molecule has 2 heterocycles. The van der Waals surface area contributed by atoms with E-state index in [1.54, 1.807) is 6.07 Å². The molecule has 0 atom stereocenters. The number of nitrogens with zero attached hydrogens (tertiary/aromatic N) is 2. The van der Waals surface area contributed by atoms with E-state index in [0.717, 1.165) is 24.9 Å². The zero-order chi connectivity index (χ0) is 16.9. The summed E-state index contributed by atoms with van der Waals surface area (Å²) < 4.78 is 1.33. The Balaban J connectivity index is 1.66. The number of fused-ring (bicyclic) bond motifs is 1. The number of thiophene rings is 1. The van der Waals surface area contributed by atoms with Gasteiger partial charge in [-0.05, 0) is 42.0 Å². The van der Waals surface area contributed by atoms with Gasteiger partial charge < -0.3 is 5.32 Å². The Hall–Kier alpha value is -2.47. The Morgan fingerprint density at radius 1 is 1.25 bits per heavy atom. The van der Waals surface area contributed by atoms with Crippen molar-refractivity contribution in [3.63, 3.8) is 0 Å². The summed E-state index contributed by atoms with van der Waals surface area (Å²) >= 11 is 1.41. The van der Waals surface area contributed by atoms with Crippen molar-refractivity contribution in [2.75, 3.05) is 5.32 Å². The number of aromatic nitrogens is 2. The molecule has 24 heavy (non-hydrogen) atoms. The van der Waals surface area contributed by atoms with Gasteiger partial charge in [-0.2, -0.15) is 0 Å². The first-order chi connectivity index (χ1) is 11.7. The molecule has 0 radical (unpaired) electrons. The molecule has 6 heteroatoms. The molecule has 2 aromatic heterocycles. The van der Waals surface area contributed by atoms with Crippen LogP contribution in [0, 0.1) is 0 Å². The van der Waals surface area contributed by atoms with E-state index in [-0.39, 0.29) is 18.0 Å². The molecule has 3 aromatic rings. The molecule has 0 bridgehead atoms. The molecule has 0 saturated carbocycles. The maximum atomic E-state index is 12.3. The third kappa shape index (κ3) is 3.71. The number of benzene rings is 1. The average Bonchev–Trinajstić information content (AvgIpc) is 3.06. The van der Waals surface area contributed by atoms with Gasteiger partial charge in [0.15, 0.2) is 0 Å². The number of carbonyl (C=O) groups is 1. The van der Waals surface area contributed by atoms with Crippen LogP contribution in [-0.2, 0) is 17.8 Å². The highest BCUT2D eigenvalue weighted by Gasteiger charge is 2.09. The number of hydrogen-bond donors (Lipinski definition) is 1. The van der Waals surface area contributed by atoms with E-state index >= 15 is 0 Å². The minimum absolute atomic E-state index is 0.0464. The van der Waals surface area contributed by atoms with Crippen molar-refractivity contribution in [3.05, 3.63) is 58.0 Å². The summed E-state index contributed by atoms with van der Waals surface area (Å²) in [5, 5.41) is 5.19. The van der Waals surface area contributed by atoms with E-state index in [1.807, 2.05) is 29.6 Å². The molecule has 0 aliphatic heterocycles. The Morgan fingerprint density at radius 3 is 2.79 bits per heavy atom. The summed E-state index contributed by atoms with van der Waals surface area (Å²) in [6.45, 7) is 2.12. The molecule has 0 spiro atoms. The summed E-state index contributed by atoms with van der Waals surface area (Å²) in [6, 6.07) is 9.57. The van der Waals surface area contributed by atoms with Crippen LogP contribution < -0.4 is 10.9 Å². The number of aryl methyl sites for hydroxylation is 1. The van der Waals surface area contributed by atoms with E-state index in [2.05, 4.69) is 17.2 Å². The zero-order valence-electron chi connectivity index (χ0n) is 13.5. The van der Waals surface area contributed by atoms with Gasteiger partial charge in [-0.3, -0.25) is 14.2 Å². The fraction of sp³-hybridized carbons (Fsp3) is 0.278. The van der Waals surface area contributed by atoms with Gasteiger partial charge in [-0.15, -0.1) is 11.3 Å². The molecule has 1 aromatic carbocycles. The van der Waals surface area contributed by atoms with Crippen molar-refractivity contribution < 1.29 is 4.79 Å². The number of unbranched alkanes of at least 4 members (excludes halogenated alkanes) is 1. The minimum atomic E-state index is -0.241. The maximum Gasteiger partial charge on any atom is 0.262 e. The van der Waals surface area contributed by atoms with Crippen molar-refractivity contribution in [3.8, 4) is 0 Å². The smallest absolute Gasteiger partial charge is 0.262 e. The van der Waals surface area contributed by atoms with Crippen molar-refractivity contribution in [2.45, 2.75) is 32.7 Å². The highest BCUT2D eigenvalue weighted by Crippen LogP contribution is 2.14. The van der Waals surface area contributed by atoms with Crippen LogP contribution in [0.25, 0.3) is 10.2 Å². The van der Waals surface area contributed by atoms with Gasteiger partial charge in [0.1, 0.15) is 11.4 Å². The number of hydrogen-bond acceptors (Lipinski definition) is 4. The summed E-state index contributed by atoms with van der Waals surface area (Å²) in [6.07, 6.45) is 4.80. The lowest BCUT2D eigenvalue weighted by atomic mass is 10.1. The molecule has 0 aliphatic carbocycles. The largest absolute Gasteiger partial charge is 0.325 e. The van der Waals surface area contributed by atoms with E-state index in [0.29, 0.717) is 10.2 Å². The molecule has 1 N–H and O–H groups in total. The van der Waals surface area contributed by atoms with Gasteiger partial charge in [-0.1, -0.05) is 25.5 Å². The Morgan fingerprint density at radius 2 is 2.04 bits per heavy atom. The van der Waals surface area contributed by atoms with Gasteiger partial charge in [0.05, 0.1) is 11.7 Å². The second-order valence-electron chi connectivity index (χ2n) is 5.67. The summed E-state index contributed by atoms with van der Waals surface area (Å²) in [5.41, 5.74) is 1.81. The van der Waals surface area contributed by atoms with E-state index in [9.17, 15) is 9.59 Å². The van der Waals surface area contributed by atoms with Crippen molar-refractivity contribution >= 4 is 33.1 Å². The molecule has 124 valence electrons. The second-order valence-corrected chi connectivity index (χ2v) is 6.56. The van der Waals surface area contributed by atoms with Crippen LogP contribution in [-0.4, -0.2) is 15.5 Å². The molecular weight excluding hydrogens is 322 g/mol. The van der Waals surface area contributed by atoms with Gasteiger partial charge >= 0.3 is 0 Å². The normalized spacial score (nSPS) is 10.9. The fourth-order valence-corrected chi connectivity index (χ4v) is 3.22. The molecule has 1 amide bonds. The number of rotatable bonds is 6. The standard InChI is InChI=1S/C18H19N3O2S/c1-2-3-4-13-5-7-14(8-6-13)20-16(22)11-21-12-19-17-15(18(21)23)9-10-24-17/h5-10,12H,2-4,11H2,1H3,(H,20,22). The predicted molar refractivity (Wildman–Crippen MR) is 97.6 cm³/mol. The Kier molecular flexibility index (Phi) is 5.05. The lowest BCUT2D eigenvalue weighted by Crippen LogP contribution is -2.27.